The Morgan fingerprint density at radius 3 is 2.56 bits per heavy atom. The molecular formula is C29H33FN6O3. The van der Waals surface area contributed by atoms with Crippen LogP contribution in [0.2, 0.25) is 0 Å². The summed E-state index contributed by atoms with van der Waals surface area (Å²) < 4.78 is 15.0. The number of piperazine rings is 1. The van der Waals surface area contributed by atoms with Gasteiger partial charge in [0.05, 0.1) is 12.9 Å². The van der Waals surface area contributed by atoms with Crippen molar-refractivity contribution in [2.75, 3.05) is 33.2 Å². The summed E-state index contributed by atoms with van der Waals surface area (Å²) in [6, 6.07) is 13.3. The highest BCUT2D eigenvalue weighted by atomic mass is 19.1. The first-order valence-electron chi connectivity index (χ1n) is 13.3. The third-order valence-corrected chi connectivity index (χ3v) is 7.47. The monoisotopic (exact) mass is 532 g/mol. The molecule has 2 aliphatic rings. The van der Waals surface area contributed by atoms with Gasteiger partial charge in [0.2, 0.25) is 11.8 Å². The lowest BCUT2D eigenvalue weighted by Gasteiger charge is -2.34. The van der Waals surface area contributed by atoms with E-state index in [9.17, 15) is 18.8 Å². The molecule has 0 spiro atoms. The zero-order valence-corrected chi connectivity index (χ0v) is 21.9. The smallest absolute Gasteiger partial charge is 0.251 e. The average Bonchev–Trinajstić information content (AvgIpc) is 3.50. The van der Waals surface area contributed by atoms with Crippen LogP contribution >= 0.6 is 0 Å². The number of amides is 3. The molecule has 9 nitrogen and oxygen atoms in total. The summed E-state index contributed by atoms with van der Waals surface area (Å²) in [6.45, 7) is 1.60. The van der Waals surface area contributed by atoms with Crippen LogP contribution in [0.3, 0.4) is 0 Å². The van der Waals surface area contributed by atoms with Gasteiger partial charge in [0.1, 0.15) is 11.9 Å². The summed E-state index contributed by atoms with van der Waals surface area (Å²) in [5, 5.41) is 6.43. The minimum absolute atomic E-state index is 0.0149. The summed E-state index contributed by atoms with van der Waals surface area (Å²) >= 11 is 0. The summed E-state index contributed by atoms with van der Waals surface area (Å²) in [5.41, 5.74) is 2.44. The fraction of sp³-hybridized carbons (Fsp3) is 0.379. The quantitative estimate of drug-likeness (QED) is 0.391. The van der Waals surface area contributed by atoms with E-state index in [4.69, 9.17) is 0 Å². The molecular weight excluding hydrogens is 499 g/mol. The first kappa shape index (κ1) is 26.6. The van der Waals surface area contributed by atoms with Crippen LogP contribution < -0.4 is 10.6 Å². The molecule has 2 aromatic carbocycles. The third kappa shape index (κ3) is 6.51. The minimum atomic E-state index is -0.740. The Kier molecular flexibility index (Phi) is 8.02. The molecule has 5 rings (SSSR count). The number of imidazole rings is 1. The van der Waals surface area contributed by atoms with Crippen molar-refractivity contribution in [1.82, 2.24) is 30.0 Å². The maximum Gasteiger partial charge on any atom is 0.251 e. The van der Waals surface area contributed by atoms with Crippen molar-refractivity contribution in [1.29, 1.82) is 0 Å². The second-order valence-corrected chi connectivity index (χ2v) is 10.2. The fourth-order valence-electron chi connectivity index (χ4n) is 4.96. The number of hydrogen-bond acceptors (Lipinski definition) is 5. The van der Waals surface area contributed by atoms with Crippen molar-refractivity contribution in [2.45, 2.75) is 37.3 Å². The number of carbonyl (C=O) groups is 3. The molecule has 2 N–H and O–H groups in total. The zero-order valence-electron chi connectivity index (χ0n) is 21.9. The highest BCUT2D eigenvalue weighted by Gasteiger charge is 2.38. The molecule has 0 unspecified atom stereocenters. The van der Waals surface area contributed by atoms with E-state index in [2.05, 4.69) is 15.6 Å². The minimum Gasteiger partial charge on any atom is -0.342 e. The van der Waals surface area contributed by atoms with E-state index in [1.165, 1.54) is 17.0 Å². The van der Waals surface area contributed by atoms with Crippen molar-refractivity contribution in [3.05, 3.63) is 84.2 Å². The number of halogens is 1. The van der Waals surface area contributed by atoms with Gasteiger partial charge < -0.3 is 25.0 Å². The molecule has 2 fully saturated rings. The highest BCUT2D eigenvalue weighted by Crippen LogP contribution is 2.40. The van der Waals surface area contributed by atoms with Crippen LogP contribution in [0.25, 0.3) is 5.69 Å². The van der Waals surface area contributed by atoms with E-state index in [-0.39, 0.29) is 30.1 Å². The number of carbonyl (C=O) groups excluding carboxylic acids is 3. The Labute approximate surface area is 227 Å². The maximum absolute atomic E-state index is 13.4. The van der Waals surface area contributed by atoms with E-state index >= 15 is 0 Å². The lowest BCUT2D eigenvalue weighted by molar-refractivity contribution is -0.145. The number of likely N-dealkylation sites (N-methyl/N-ethyl adjacent to an activating group) is 1. The SMILES string of the molecule is CN1CCN(C(=O)[C@H](CCCN[C@@H]2C[C@H]2c2ccc(F)cc2)NC(=O)c2ccc(-n3ccnc3)cc2)CC1=O. The van der Waals surface area contributed by atoms with Crippen molar-refractivity contribution in [3.63, 3.8) is 0 Å². The van der Waals surface area contributed by atoms with Crippen LogP contribution in [0.5, 0.6) is 0 Å². The van der Waals surface area contributed by atoms with Crippen molar-refractivity contribution >= 4 is 17.7 Å². The normalized spacial score (nSPS) is 19.6. The predicted octanol–water partition coefficient (Wildman–Crippen LogP) is 2.34. The molecule has 2 heterocycles. The van der Waals surface area contributed by atoms with Crippen LogP contribution in [-0.4, -0.2) is 82.4 Å². The van der Waals surface area contributed by atoms with E-state index in [0.29, 0.717) is 50.0 Å². The molecule has 10 heteroatoms. The van der Waals surface area contributed by atoms with E-state index in [1.54, 1.807) is 36.6 Å². The van der Waals surface area contributed by atoms with Crippen molar-refractivity contribution in [2.24, 2.45) is 0 Å². The standard InChI is InChI=1S/C29H33FN6O3/c1-34-15-16-35(18-27(34)37)29(39)25(3-2-12-32-26-17-24(26)20-4-8-22(30)9-5-20)33-28(38)21-6-10-23(11-7-21)36-14-13-31-19-36/h4-11,13-14,19,24-26,32H,2-3,12,15-18H2,1H3,(H,33,38)/t24-,25-,26+/m0/s1. The zero-order chi connectivity index (χ0) is 27.4. The number of nitrogens with zero attached hydrogens (tertiary/aromatic N) is 4. The second kappa shape index (κ2) is 11.8. The van der Waals surface area contributed by atoms with Crippen LogP contribution in [0, 0.1) is 5.82 Å². The number of rotatable bonds is 10. The first-order valence-corrected chi connectivity index (χ1v) is 13.3. The average molecular weight is 533 g/mol. The summed E-state index contributed by atoms with van der Waals surface area (Å²) in [5.74, 6) is -0.563. The van der Waals surface area contributed by atoms with E-state index in [1.807, 2.05) is 35.0 Å². The van der Waals surface area contributed by atoms with Crippen LogP contribution in [-0.2, 0) is 9.59 Å². The Bertz CT molecular complexity index is 1300. The lowest BCUT2D eigenvalue weighted by Crippen LogP contribution is -2.56. The van der Waals surface area contributed by atoms with Crippen molar-refractivity contribution in [3.8, 4) is 5.69 Å². The van der Waals surface area contributed by atoms with Gasteiger partial charge in [-0.2, -0.15) is 0 Å². The second-order valence-electron chi connectivity index (χ2n) is 10.2. The highest BCUT2D eigenvalue weighted by molar-refractivity contribution is 5.98. The van der Waals surface area contributed by atoms with E-state index < -0.39 is 6.04 Å². The number of benzene rings is 2. The van der Waals surface area contributed by atoms with Gasteiger partial charge in [-0.1, -0.05) is 12.1 Å². The summed E-state index contributed by atoms with van der Waals surface area (Å²) in [7, 11) is 1.72. The van der Waals surface area contributed by atoms with Gasteiger partial charge in [-0.25, -0.2) is 9.37 Å². The third-order valence-electron chi connectivity index (χ3n) is 7.47. The van der Waals surface area contributed by atoms with Gasteiger partial charge in [-0.3, -0.25) is 14.4 Å². The Balaban J connectivity index is 1.18. The molecule has 1 aromatic heterocycles. The molecule has 1 saturated heterocycles. The van der Waals surface area contributed by atoms with Gasteiger partial charge in [-0.15, -0.1) is 0 Å². The molecule has 204 valence electrons. The summed E-state index contributed by atoms with van der Waals surface area (Å²) in [4.78, 5) is 45.9. The van der Waals surface area contributed by atoms with Gasteiger partial charge in [0.25, 0.3) is 5.91 Å². The fourth-order valence-corrected chi connectivity index (χ4v) is 4.96. The van der Waals surface area contributed by atoms with Gasteiger partial charge in [0, 0.05) is 55.7 Å². The van der Waals surface area contributed by atoms with Gasteiger partial charge in [-0.05, 0) is 67.8 Å². The topological polar surface area (TPSA) is 99.6 Å². The maximum atomic E-state index is 13.4. The van der Waals surface area contributed by atoms with Crippen LogP contribution in [0.4, 0.5) is 4.39 Å². The molecule has 3 amide bonds. The predicted molar refractivity (Wildman–Crippen MR) is 144 cm³/mol. The largest absolute Gasteiger partial charge is 0.342 e. The number of nitrogens with one attached hydrogen (secondary N) is 2. The molecule has 1 saturated carbocycles. The molecule has 0 bridgehead atoms. The van der Waals surface area contributed by atoms with E-state index in [0.717, 1.165) is 17.7 Å². The lowest BCUT2D eigenvalue weighted by atomic mass is 10.1. The van der Waals surface area contributed by atoms with Gasteiger partial charge >= 0.3 is 0 Å². The molecule has 1 aliphatic carbocycles. The Hall–Kier alpha value is -4.05. The van der Waals surface area contributed by atoms with Crippen LogP contribution in [0.15, 0.2) is 67.3 Å². The Morgan fingerprint density at radius 1 is 1.10 bits per heavy atom. The first-order chi connectivity index (χ1) is 18.9. The van der Waals surface area contributed by atoms with Crippen molar-refractivity contribution < 1.29 is 18.8 Å². The Morgan fingerprint density at radius 2 is 1.87 bits per heavy atom. The molecule has 39 heavy (non-hydrogen) atoms. The molecule has 1 aliphatic heterocycles. The van der Waals surface area contributed by atoms with Gasteiger partial charge in [0.15, 0.2) is 0 Å². The summed E-state index contributed by atoms with van der Waals surface area (Å²) in [6.07, 6.45) is 7.28. The molecule has 0 radical (unpaired) electrons. The van der Waals surface area contributed by atoms with Crippen LogP contribution in [0.1, 0.15) is 41.1 Å². The number of hydrogen-bond donors (Lipinski definition) is 2. The molecule has 3 aromatic rings. The number of aromatic nitrogens is 2. The molecule has 3 atom stereocenters.